The second-order valence-corrected chi connectivity index (χ2v) is 12.8. The van der Waals surface area contributed by atoms with E-state index >= 15 is 0 Å². The van der Waals surface area contributed by atoms with Gasteiger partial charge in [0.05, 0.1) is 5.69 Å². The molecule has 4 nitrogen and oxygen atoms in total. The van der Waals surface area contributed by atoms with Crippen molar-refractivity contribution in [3.05, 3.63) is 182 Å². The minimum absolute atomic E-state index is 0.604. The van der Waals surface area contributed by atoms with Gasteiger partial charge in [-0.05, 0) is 88.1 Å². The molecule has 0 bridgehead atoms. The van der Waals surface area contributed by atoms with Crippen LogP contribution in [0, 0.1) is 0 Å². The van der Waals surface area contributed by atoms with Crippen molar-refractivity contribution >= 4 is 60.9 Å². The van der Waals surface area contributed by atoms with Crippen LogP contribution in [0.25, 0.3) is 77.5 Å². The van der Waals surface area contributed by atoms with E-state index in [4.69, 9.17) is 13.8 Å². The topological polar surface area (TPSA) is 42.4 Å². The number of furan rings is 1. The summed E-state index contributed by atoms with van der Waals surface area (Å²) >= 11 is 0. The first-order valence-corrected chi connectivity index (χ1v) is 17.1. The highest BCUT2D eigenvalue weighted by Crippen LogP contribution is 2.42. The van der Waals surface area contributed by atoms with Crippen LogP contribution >= 0.6 is 0 Å². The van der Waals surface area contributed by atoms with Gasteiger partial charge in [-0.15, -0.1) is 0 Å². The molecule has 0 spiro atoms. The first-order valence-electron chi connectivity index (χ1n) is 17.1. The van der Waals surface area contributed by atoms with Crippen molar-refractivity contribution in [2.45, 2.75) is 0 Å². The van der Waals surface area contributed by atoms with E-state index in [2.05, 4.69) is 150 Å². The summed E-state index contributed by atoms with van der Waals surface area (Å²) in [6, 6.07) is 63.7. The Balaban J connectivity index is 1.06. The maximum Gasteiger partial charge on any atom is 0.227 e. The van der Waals surface area contributed by atoms with Gasteiger partial charge in [-0.2, -0.15) is 0 Å². The lowest BCUT2D eigenvalue weighted by Crippen LogP contribution is -2.11. The molecule has 4 heteroatoms. The van der Waals surface area contributed by atoms with E-state index in [-0.39, 0.29) is 0 Å². The summed E-state index contributed by atoms with van der Waals surface area (Å²) in [7, 11) is 0. The van der Waals surface area contributed by atoms with Gasteiger partial charge in [0.15, 0.2) is 5.58 Å². The highest BCUT2D eigenvalue weighted by Gasteiger charge is 2.18. The van der Waals surface area contributed by atoms with Gasteiger partial charge < -0.3 is 13.7 Å². The quantitative estimate of drug-likeness (QED) is 0.179. The third-order valence-corrected chi connectivity index (χ3v) is 9.68. The highest BCUT2D eigenvalue weighted by atomic mass is 16.4. The second-order valence-electron chi connectivity index (χ2n) is 12.8. The number of anilines is 3. The molecule has 0 unspecified atom stereocenters. The van der Waals surface area contributed by atoms with Crippen LogP contribution in [0.3, 0.4) is 0 Å². The molecule has 2 heterocycles. The van der Waals surface area contributed by atoms with E-state index in [0.29, 0.717) is 5.89 Å². The van der Waals surface area contributed by atoms with E-state index in [9.17, 15) is 0 Å². The molecule has 0 radical (unpaired) electrons. The molecule has 0 atom stereocenters. The lowest BCUT2D eigenvalue weighted by atomic mass is 10.00. The summed E-state index contributed by atoms with van der Waals surface area (Å²) < 4.78 is 12.5. The molecular weight excluding hydrogens is 625 g/mol. The Morgan fingerprint density at radius 2 is 1.06 bits per heavy atom. The van der Waals surface area contributed by atoms with Crippen molar-refractivity contribution in [1.29, 1.82) is 0 Å². The summed E-state index contributed by atoms with van der Waals surface area (Å²) in [5, 5.41) is 4.47. The molecule has 0 saturated heterocycles. The molecule has 8 aromatic carbocycles. The van der Waals surface area contributed by atoms with Crippen molar-refractivity contribution in [3.63, 3.8) is 0 Å². The van der Waals surface area contributed by atoms with Crippen molar-refractivity contribution in [1.82, 2.24) is 4.98 Å². The molecule has 0 N–H and O–H groups in total. The van der Waals surface area contributed by atoms with Crippen LogP contribution in [0.5, 0.6) is 0 Å². The minimum atomic E-state index is 0.604. The third-order valence-electron chi connectivity index (χ3n) is 9.68. The number of para-hydroxylation sites is 1. The summed E-state index contributed by atoms with van der Waals surface area (Å²) in [6.07, 6.45) is 0. The van der Waals surface area contributed by atoms with E-state index in [1.54, 1.807) is 0 Å². The molecule has 240 valence electrons. The Labute approximate surface area is 294 Å². The lowest BCUT2D eigenvalue weighted by molar-refractivity contribution is 0.620. The number of aromatic nitrogens is 1. The predicted octanol–water partition coefficient (Wildman–Crippen LogP) is 13.4. The predicted molar refractivity (Wildman–Crippen MR) is 210 cm³/mol. The monoisotopic (exact) mass is 654 g/mol. The Morgan fingerprint density at radius 3 is 1.88 bits per heavy atom. The van der Waals surface area contributed by atoms with Crippen LogP contribution in [-0.2, 0) is 0 Å². The first-order chi connectivity index (χ1) is 25.2. The zero-order valence-corrected chi connectivity index (χ0v) is 27.5. The summed E-state index contributed by atoms with van der Waals surface area (Å²) in [6.45, 7) is 0. The van der Waals surface area contributed by atoms with E-state index in [0.717, 1.165) is 66.8 Å². The molecule has 2 aromatic heterocycles. The minimum Gasteiger partial charge on any atom is -0.456 e. The van der Waals surface area contributed by atoms with E-state index < -0.39 is 0 Å². The Hall–Kier alpha value is -6.91. The maximum absolute atomic E-state index is 6.30. The SMILES string of the molecule is c1ccc(-c2nc3cc4oc5ccc(-c6ccc(N(c7ccc8ccccc8c7)c7ccccc7-c7ccccc7)cc6)cc5c4cc3o2)cc1. The molecule has 51 heavy (non-hydrogen) atoms. The van der Waals surface area contributed by atoms with Gasteiger partial charge in [0.2, 0.25) is 5.89 Å². The largest absolute Gasteiger partial charge is 0.456 e. The van der Waals surface area contributed by atoms with Crippen LogP contribution in [-0.4, -0.2) is 4.98 Å². The normalized spacial score (nSPS) is 11.5. The molecule has 0 aliphatic rings. The number of benzene rings is 8. The lowest BCUT2D eigenvalue weighted by Gasteiger charge is -2.28. The Kier molecular flexibility index (Phi) is 6.78. The fraction of sp³-hybridized carbons (Fsp3) is 0. The molecule has 0 amide bonds. The molecule has 0 fully saturated rings. The number of nitrogens with zero attached hydrogens (tertiary/aromatic N) is 2. The fourth-order valence-electron chi connectivity index (χ4n) is 7.16. The summed E-state index contributed by atoms with van der Waals surface area (Å²) in [5.41, 5.74) is 12.0. The van der Waals surface area contributed by atoms with Crippen molar-refractivity contribution in [3.8, 4) is 33.7 Å². The van der Waals surface area contributed by atoms with Crippen molar-refractivity contribution in [2.75, 3.05) is 4.90 Å². The van der Waals surface area contributed by atoms with Gasteiger partial charge in [-0.25, -0.2) is 4.98 Å². The number of hydrogen-bond donors (Lipinski definition) is 0. The van der Waals surface area contributed by atoms with E-state index in [1.165, 1.54) is 21.9 Å². The zero-order chi connectivity index (χ0) is 33.7. The first kappa shape index (κ1) is 29.0. The van der Waals surface area contributed by atoms with Crippen molar-refractivity contribution < 1.29 is 8.83 Å². The Morgan fingerprint density at radius 1 is 0.392 bits per heavy atom. The Bertz CT molecular complexity index is 2850. The smallest absolute Gasteiger partial charge is 0.227 e. The number of hydrogen-bond acceptors (Lipinski definition) is 4. The number of oxazole rings is 1. The van der Waals surface area contributed by atoms with E-state index in [1.807, 2.05) is 36.4 Å². The van der Waals surface area contributed by atoms with Crippen molar-refractivity contribution in [2.24, 2.45) is 0 Å². The summed E-state index contributed by atoms with van der Waals surface area (Å²) in [4.78, 5) is 7.10. The average Bonchev–Trinajstić information content (AvgIpc) is 3.78. The van der Waals surface area contributed by atoms with Gasteiger partial charge >= 0.3 is 0 Å². The average molecular weight is 655 g/mol. The number of rotatable bonds is 6. The molecule has 10 aromatic rings. The standard InChI is InChI=1S/C47H30N2O2/c1-3-12-33(13-4-1)39-17-9-10-18-43(39)49(38-25-21-31-11-7-8-16-35(31)27-38)37-23-19-32(20-24-37)36-22-26-44-40(28-36)41-29-46-42(30-45(41)50-44)48-47(51-46)34-14-5-2-6-15-34/h1-30H. The van der Waals surface area contributed by atoms with Gasteiger partial charge in [-0.3, -0.25) is 0 Å². The third kappa shape index (κ3) is 5.13. The van der Waals surface area contributed by atoms with Crippen LogP contribution in [0.2, 0.25) is 0 Å². The maximum atomic E-state index is 6.30. The van der Waals surface area contributed by atoms with Gasteiger partial charge in [0, 0.05) is 39.3 Å². The molecule has 0 saturated carbocycles. The fourth-order valence-corrected chi connectivity index (χ4v) is 7.16. The second kappa shape index (κ2) is 11.9. The molecule has 10 rings (SSSR count). The molecule has 0 aliphatic carbocycles. The zero-order valence-electron chi connectivity index (χ0n) is 27.5. The molecule has 0 aliphatic heterocycles. The van der Waals surface area contributed by atoms with Crippen LogP contribution in [0.1, 0.15) is 0 Å². The van der Waals surface area contributed by atoms with Gasteiger partial charge in [0.1, 0.15) is 16.7 Å². The number of fused-ring (bicyclic) bond motifs is 5. The highest BCUT2D eigenvalue weighted by molar-refractivity contribution is 6.10. The van der Waals surface area contributed by atoms with Gasteiger partial charge in [-0.1, -0.05) is 115 Å². The van der Waals surface area contributed by atoms with Gasteiger partial charge in [0.25, 0.3) is 0 Å². The van der Waals surface area contributed by atoms with Crippen LogP contribution in [0.15, 0.2) is 191 Å². The van der Waals surface area contributed by atoms with Crippen LogP contribution < -0.4 is 4.90 Å². The summed E-state index contributed by atoms with van der Waals surface area (Å²) in [5.74, 6) is 0.604. The van der Waals surface area contributed by atoms with Crippen LogP contribution in [0.4, 0.5) is 17.1 Å². The molecular formula is C47H30N2O2.